The van der Waals surface area contributed by atoms with E-state index in [1.54, 1.807) is 0 Å². The van der Waals surface area contributed by atoms with Crippen molar-refractivity contribution >= 4 is 11.9 Å². The summed E-state index contributed by atoms with van der Waals surface area (Å²) in [6.07, 6.45) is 6.22. The molecule has 0 radical (unpaired) electrons. The van der Waals surface area contributed by atoms with E-state index in [0.717, 1.165) is 36.8 Å². The monoisotopic (exact) mass is 516 g/mol. The van der Waals surface area contributed by atoms with Crippen molar-refractivity contribution in [2.75, 3.05) is 0 Å². The summed E-state index contributed by atoms with van der Waals surface area (Å²) in [6, 6.07) is 0. The molecule has 0 bridgehead atoms. The zero-order valence-electron chi connectivity index (χ0n) is 23.8. The van der Waals surface area contributed by atoms with Gasteiger partial charge in [-0.3, -0.25) is 4.79 Å². The molecule has 4 saturated carbocycles. The molecule has 6 nitrogen and oxygen atoms in total. The van der Waals surface area contributed by atoms with Crippen LogP contribution in [0, 0.1) is 39.9 Å². The molecular formula is C31H48O6. The fourth-order valence-corrected chi connectivity index (χ4v) is 9.79. The third-order valence-corrected chi connectivity index (χ3v) is 11.6. The number of aliphatic hydroxyl groups is 2. The second kappa shape index (κ2) is 9.82. The Balaban J connectivity index is 1.82. The molecule has 3 N–H and O–H groups in total. The van der Waals surface area contributed by atoms with Gasteiger partial charge < -0.3 is 20.1 Å². The van der Waals surface area contributed by atoms with Crippen LogP contribution in [0.2, 0.25) is 0 Å². The molecule has 0 amide bonds. The molecule has 37 heavy (non-hydrogen) atoms. The van der Waals surface area contributed by atoms with Gasteiger partial charge in [-0.05, 0) is 111 Å². The molecule has 4 fully saturated rings. The number of rotatable bonds is 5. The molecule has 4 aliphatic rings. The lowest BCUT2D eigenvalue weighted by Gasteiger charge is -2.69. The zero-order valence-corrected chi connectivity index (χ0v) is 23.8. The maximum Gasteiger partial charge on any atom is 0.331 e. The number of hydrogen-bond acceptors (Lipinski definition) is 5. The average molecular weight is 517 g/mol. The minimum absolute atomic E-state index is 0.0474. The Morgan fingerprint density at radius 3 is 2.30 bits per heavy atom. The van der Waals surface area contributed by atoms with Crippen LogP contribution in [-0.4, -0.2) is 45.6 Å². The van der Waals surface area contributed by atoms with Crippen LogP contribution in [0.5, 0.6) is 0 Å². The second-order valence-electron chi connectivity index (χ2n) is 13.6. The number of allylic oxidation sites excluding steroid dienone is 2. The number of carbonyl (C=O) groups excluding carboxylic acids is 1. The van der Waals surface area contributed by atoms with Crippen molar-refractivity contribution in [2.45, 2.75) is 118 Å². The molecule has 4 aliphatic carbocycles. The van der Waals surface area contributed by atoms with E-state index in [4.69, 9.17) is 4.74 Å². The lowest BCUT2D eigenvalue weighted by atomic mass is 9.36. The first-order valence-electron chi connectivity index (χ1n) is 14.3. The van der Waals surface area contributed by atoms with Gasteiger partial charge in [0.15, 0.2) is 0 Å². The van der Waals surface area contributed by atoms with Gasteiger partial charge >= 0.3 is 11.9 Å². The molecule has 4 rings (SSSR count). The van der Waals surface area contributed by atoms with Gasteiger partial charge in [-0.1, -0.05) is 39.3 Å². The van der Waals surface area contributed by atoms with E-state index in [2.05, 4.69) is 27.7 Å². The number of aliphatic hydroxyl groups excluding tert-OH is 2. The summed E-state index contributed by atoms with van der Waals surface area (Å²) < 4.78 is 5.87. The third-order valence-electron chi connectivity index (χ3n) is 11.6. The van der Waals surface area contributed by atoms with Crippen molar-refractivity contribution < 1.29 is 29.6 Å². The number of esters is 1. The molecule has 0 spiro atoms. The van der Waals surface area contributed by atoms with Crippen LogP contribution in [0.15, 0.2) is 22.8 Å². The fourth-order valence-electron chi connectivity index (χ4n) is 9.79. The zero-order chi connectivity index (χ0) is 27.5. The summed E-state index contributed by atoms with van der Waals surface area (Å²) in [6.45, 7) is 14.5. The lowest BCUT2D eigenvalue weighted by Crippen LogP contribution is -2.65. The van der Waals surface area contributed by atoms with E-state index in [1.807, 2.05) is 19.9 Å². The van der Waals surface area contributed by atoms with E-state index in [0.29, 0.717) is 37.2 Å². The second-order valence-corrected chi connectivity index (χ2v) is 13.6. The quantitative estimate of drug-likeness (QED) is 0.247. The van der Waals surface area contributed by atoms with Crippen molar-refractivity contribution in [3.8, 4) is 0 Å². The van der Waals surface area contributed by atoms with E-state index >= 15 is 0 Å². The number of aliphatic carboxylic acids is 1. The van der Waals surface area contributed by atoms with Gasteiger partial charge in [0.25, 0.3) is 0 Å². The van der Waals surface area contributed by atoms with Crippen LogP contribution < -0.4 is 0 Å². The highest BCUT2D eigenvalue weighted by atomic mass is 16.5. The number of carboxylic acids is 1. The third kappa shape index (κ3) is 4.40. The predicted molar refractivity (Wildman–Crippen MR) is 143 cm³/mol. The highest BCUT2D eigenvalue weighted by molar-refractivity contribution is 5.88. The minimum Gasteiger partial charge on any atom is -0.478 e. The van der Waals surface area contributed by atoms with Crippen LogP contribution in [0.25, 0.3) is 0 Å². The predicted octanol–water partition coefficient (Wildman–Crippen LogP) is 5.67. The van der Waals surface area contributed by atoms with E-state index < -0.39 is 24.1 Å². The topological polar surface area (TPSA) is 104 Å². The van der Waals surface area contributed by atoms with Gasteiger partial charge in [0.05, 0.1) is 12.2 Å². The molecule has 0 aliphatic heterocycles. The van der Waals surface area contributed by atoms with E-state index in [1.165, 1.54) is 6.92 Å². The van der Waals surface area contributed by atoms with Crippen LogP contribution in [-0.2, 0) is 14.3 Å². The Hall–Kier alpha value is -1.66. The summed E-state index contributed by atoms with van der Waals surface area (Å²) in [5.74, 6) is -0.909. The summed E-state index contributed by atoms with van der Waals surface area (Å²) in [5, 5.41) is 32.9. The Bertz CT molecular complexity index is 994. The van der Waals surface area contributed by atoms with Gasteiger partial charge in [-0.15, -0.1) is 0 Å². The molecule has 1 unspecified atom stereocenters. The number of carboxylic acid groups (broad SMARTS) is 1. The molecule has 0 aromatic rings. The summed E-state index contributed by atoms with van der Waals surface area (Å²) >= 11 is 0. The largest absolute Gasteiger partial charge is 0.478 e. The van der Waals surface area contributed by atoms with E-state index in [9.17, 15) is 24.9 Å². The van der Waals surface area contributed by atoms with E-state index in [-0.39, 0.29) is 40.1 Å². The Morgan fingerprint density at radius 2 is 1.70 bits per heavy atom. The molecule has 10 atom stereocenters. The van der Waals surface area contributed by atoms with Crippen molar-refractivity contribution in [2.24, 2.45) is 39.9 Å². The van der Waals surface area contributed by atoms with Crippen molar-refractivity contribution in [1.29, 1.82) is 0 Å². The minimum atomic E-state index is -0.953. The highest BCUT2D eigenvalue weighted by Gasteiger charge is 2.70. The molecule has 208 valence electrons. The molecule has 0 aromatic heterocycles. The van der Waals surface area contributed by atoms with Gasteiger partial charge in [0, 0.05) is 12.5 Å². The lowest BCUT2D eigenvalue weighted by molar-refractivity contribution is -0.234. The van der Waals surface area contributed by atoms with Crippen molar-refractivity contribution in [3.63, 3.8) is 0 Å². The molecule has 0 aromatic carbocycles. The van der Waals surface area contributed by atoms with Gasteiger partial charge in [0.1, 0.15) is 6.10 Å². The van der Waals surface area contributed by atoms with Crippen molar-refractivity contribution in [1.82, 2.24) is 0 Å². The maximum absolute atomic E-state index is 12.6. The SMILES string of the molecule is CC(=O)O[C@H]1CC2(C)[C@@H](C[C@@H](O)[C@H]3[C@@]4(C)CC[C@@H](O)[C@@H](C)[C@@H]4CC[C@@]32C)/C1=C(/CCC=C(C)C)C(=O)O. The van der Waals surface area contributed by atoms with Crippen LogP contribution >= 0.6 is 0 Å². The first kappa shape index (κ1) is 28.4. The smallest absolute Gasteiger partial charge is 0.331 e. The van der Waals surface area contributed by atoms with Crippen LogP contribution in [0.3, 0.4) is 0 Å². The van der Waals surface area contributed by atoms with Gasteiger partial charge in [-0.2, -0.15) is 0 Å². The van der Waals surface area contributed by atoms with Gasteiger partial charge in [0.2, 0.25) is 0 Å². The standard InChI is InChI=1S/C31H48O6/c1-17(2)9-8-10-20(28(35)36)26-22-15-24(34)27-29(5)13-12-23(33)18(3)21(29)11-14-30(27,6)31(22,7)16-25(26)37-19(4)32/h9,18,21-25,27,33-34H,8,10-16H2,1-7H3,(H,35,36)/b26-20+/t18-,21-,22-,23+,24+,25-,27-,29-,30-,31?/m0/s1. The number of fused-ring (bicyclic) bond motifs is 5. The Labute approximate surface area is 222 Å². The van der Waals surface area contributed by atoms with Crippen LogP contribution in [0.1, 0.15) is 99.8 Å². The summed E-state index contributed by atoms with van der Waals surface area (Å²) in [4.78, 5) is 24.8. The summed E-state index contributed by atoms with van der Waals surface area (Å²) in [5.41, 5.74) is 1.57. The van der Waals surface area contributed by atoms with Crippen LogP contribution in [0.4, 0.5) is 0 Å². The molecule has 6 heteroatoms. The highest BCUT2D eigenvalue weighted by Crippen LogP contribution is 2.74. The number of carbonyl (C=O) groups is 2. The Kier molecular flexibility index (Phi) is 7.53. The molecule has 0 saturated heterocycles. The van der Waals surface area contributed by atoms with Crippen molar-refractivity contribution in [3.05, 3.63) is 22.8 Å². The first-order chi connectivity index (χ1) is 17.2. The molecular weight excluding hydrogens is 468 g/mol. The maximum atomic E-state index is 12.6. The summed E-state index contributed by atoms with van der Waals surface area (Å²) in [7, 11) is 0. The van der Waals surface area contributed by atoms with Gasteiger partial charge in [-0.25, -0.2) is 4.79 Å². The molecule has 0 heterocycles. The first-order valence-corrected chi connectivity index (χ1v) is 14.3. The fraction of sp³-hybridized carbons (Fsp3) is 0.806. The Morgan fingerprint density at radius 1 is 1.03 bits per heavy atom. The number of ether oxygens (including phenoxy) is 1. The number of hydrogen-bond donors (Lipinski definition) is 3. The average Bonchev–Trinajstić information content (AvgIpc) is 3.05. The normalized spacial score (nSPS) is 46.2.